The number of hydrogen-bond donors (Lipinski definition) is 2. The molecule has 1 heterocycles. The monoisotopic (exact) mass is 292 g/mol. The normalized spacial score (nSPS) is 14.8. The van der Waals surface area contributed by atoms with Gasteiger partial charge in [0.15, 0.2) is 5.78 Å². The van der Waals surface area contributed by atoms with Gasteiger partial charge in [-0.1, -0.05) is 18.6 Å². The number of Topliss-reactive ketones (excluding diaryl/α,β-unsaturated/α-hetero) is 1. The maximum atomic E-state index is 11.8. The summed E-state index contributed by atoms with van der Waals surface area (Å²) >= 11 is 0. The van der Waals surface area contributed by atoms with Crippen LogP contribution in [-0.4, -0.2) is 20.4 Å². The van der Waals surface area contributed by atoms with Crippen LogP contribution in [0, 0.1) is 0 Å². The molecule has 0 aromatic carbocycles. The van der Waals surface area contributed by atoms with E-state index in [2.05, 4.69) is 11.1 Å². The van der Waals surface area contributed by atoms with Gasteiger partial charge in [-0.2, -0.15) is 0 Å². The van der Waals surface area contributed by atoms with Gasteiger partial charge in [-0.05, 0) is 32.1 Å². The van der Waals surface area contributed by atoms with Crippen molar-refractivity contribution in [3.8, 4) is 5.88 Å². The Balaban J connectivity index is 2.30. The highest BCUT2D eigenvalue weighted by molar-refractivity contribution is 5.97. The molecule has 0 unspecified atom stereocenters. The van der Waals surface area contributed by atoms with Crippen LogP contribution >= 0.6 is 0 Å². The number of H-pyrrole nitrogens is 1. The van der Waals surface area contributed by atoms with E-state index in [1.807, 2.05) is 0 Å². The van der Waals surface area contributed by atoms with E-state index in [0.717, 1.165) is 23.8 Å². The van der Waals surface area contributed by atoms with E-state index in [1.54, 1.807) is 6.92 Å². The second-order valence-electron chi connectivity index (χ2n) is 5.24. The number of carbonyl (C=O) groups excluding carboxylic acids is 1. The summed E-state index contributed by atoms with van der Waals surface area (Å²) < 4.78 is 1.07. The first kappa shape index (κ1) is 15.3. The summed E-state index contributed by atoms with van der Waals surface area (Å²) in [5, 5.41) is 10.1. The smallest absolute Gasteiger partial charge is 0.331 e. The van der Waals surface area contributed by atoms with Crippen LogP contribution in [-0.2, 0) is 6.54 Å². The van der Waals surface area contributed by atoms with Gasteiger partial charge in [0.25, 0.3) is 5.56 Å². The number of ketones is 1. The van der Waals surface area contributed by atoms with E-state index < -0.39 is 22.9 Å². The third kappa shape index (κ3) is 3.32. The summed E-state index contributed by atoms with van der Waals surface area (Å²) in [7, 11) is 0. The van der Waals surface area contributed by atoms with Crippen molar-refractivity contribution in [3.63, 3.8) is 0 Å². The molecule has 21 heavy (non-hydrogen) atoms. The number of nitrogens with one attached hydrogen (secondary N) is 1. The predicted octanol–water partition coefficient (Wildman–Crippen LogP) is 1.73. The van der Waals surface area contributed by atoms with Gasteiger partial charge in [-0.15, -0.1) is 0 Å². The molecule has 0 bridgehead atoms. The van der Waals surface area contributed by atoms with Gasteiger partial charge < -0.3 is 5.11 Å². The maximum Gasteiger partial charge on any atom is 0.331 e. The predicted molar refractivity (Wildman–Crippen MR) is 78.8 cm³/mol. The first-order chi connectivity index (χ1) is 10.0. The highest BCUT2D eigenvalue weighted by Gasteiger charge is 2.19. The second kappa shape index (κ2) is 6.56. The van der Waals surface area contributed by atoms with Crippen LogP contribution in [0.3, 0.4) is 0 Å². The number of aromatic nitrogens is 2. The Labute approximate surface area is 122 Å². The molecule has 6 heteroatoms. The average Bonchev–Trinajstić information content (AvgIpc) is 2.47. The molecule has 0 saturated heterocycles. The number of carbonyl (C=O) groups is 1. The number of aromatic amines is 1. The first-order valence-corrected chi connectivity index (χ1v) is 7.31. The standard InChI is InChI=1S/C15H20N2O4/c1-2-11(18)12-13(19)16-15(21)17(14(12)20)9-8-10-6-4-3-5-7-10/h6,20H,2-5,7-9H2,1H3,(H,16,19,21). The molecule has 0 atom stereocenters. The van der Waals surface area contributed by atoms with Crippen LogP contribution in [0.25, 0.3) is 0 Å². The van der Waals surface area contributed by atoms with Crippen molar-refractivity contribution in [2.45, 2.75) is 52.0 Å². The minimum absolute atomic E-state index is 0.0972. The van der Waals surface area contributed by atoms with E-state index in [-0.39, 0.29) is 18.5 Å². The van der Waals surface area contributed by atoms with Crippen molar-refractivity contribution in [2.75, 3.05) is 0 Å². The summed E-state index contributed by atoms with van der Waals surface area (Å²) in [4.78, 5) is 37.3. The van der Waals surface area contributed by atoms with Crippen molar-refractivity contribution >= 4 is 5.78 Å². The Morgan fingerprint density at radius 3 is 2.76 bits per heavy atom. The van der Waals surface area contributed by atoms with Gasteiger partial charge in [0, 0.05) is 13.0 Å². The molecule has 1 aromatic heterocycles. The Bertz CT molecular complexity index is 682. The first-order valence-electron chi connectivity index (χ1n) is 7.31. The molecule has 0 radical (unpaired) electrons. The Morgan fingerprint density at radius 2 is 2.14 bits per heavy atom. The van der Waals surface area contributed by atoms with Gasteiger partial charge in [0.2, 0.25) is 5.88 Å². The van der Waals surface area contributed by atoms with Crippen molar-refractivity contribution in [2.24, 2.45) is 0 Å². The molecule has 2 rings (SSSR count). The van der Waals surface area contributed by atoms with Gasteiger partial charge in [-0.3, -0.25) is 19.1 Å². The van der Waals surface area contributed by atoms with Crippen LogP contribution < -0.4 is 11.2 Å². The van der Waals surface area contributed by atoms with E-state index in [4.69, 9.17) is 0 Å². The summed E-state index contributed by atoms with van der Waals surface area (Å²) in [5.74, 6) is -0.994. The number of nitrogens with zero attached hydrogens (tertiary/aromatic N) is 1. The minimum atomic E-state index is -0.822. The van der Waals surface area contributed by atoms with Gasteiger partial charge in [0.05, 0.1) is 0 Å². The maximum absolute atomic E-state index is 11.8. The zero-order valence-electron chi connectivity index (χ0n) is 12.1. The molecule has 0 amide bonds. The van der Waals surface area contributed by atoms with Crippen LogP contribution in [0.5, 0.6) is 5.88 Å². The molecular formula is C15H20N2O4. The lowest BCUT2D eigenvalue weighted by Gasteiger charge is -2.14. The lowest BCUT2D eigenvalue weighted by atomic mass is 9.97. The Morgan fingerprint density at radius 1 is 1.38 bits per heavy atom. The fourth-order valence-electron chi connectivity index (χ4n) is 2.58. The molecular weight excluding hydrogens is 272 g/mol. The van der Waals surface area contributed by atoms with Crippen molar-refractivity contribution < 1.29 is 9.90 Å². The third-order valence-corrected chi connectivity index (χ3v) is 3.81. The van der Waals surface area contributed by atoms with Crippen LogP contribution in [0.4, 0.5) is 0 Å². The van der Waals surface area contributed by atoms with Gasteiger partial charge >= 0.3 is 5.69 Å². The molecule has 2 N–H and O–H groups in total. The minimum Gasteiger partial charge on any atom is -0.494 e. The van der Waals surface area contributed by atoms with Crippen molar-refractivity contribution in [1.29, 1.82) is 0 Å². The molecule has 6 nitrogen and oxygen atoms in total. The second-order valence-corrected chi connectivity index (χ2v) is 5.24. The van der Waals surface area contributed by atoms with E-state index in [0.29, 0.717) is 6.42 Å². The highest BCUT2D eigenvalue weighted by Crippen LogP contribution is 2.21. The quantitative estimate of drug-likeness (QED) is 0.638. The zero-order chi connectivity index (χ0) is 15.4. The molecule has 0 spiro atoms. The Hall–Kier alpha value is -2.11. The summed E-state index contributed by atoms with van der Waals surface area (Å²) in [6.07, 6.45) is 7.26. The number of hydrogen-bond acceptors (Lipinski definition) is 4. The van der Waals surface area contributed by atoms with Crippen LogP contribution in [0.1, 0.15) is 55.8 Å². The molecule has 0 fully saturated rings. The van der Waals surface area contributed by atoms with Crippen LogP contribution in [0.15, 0.2) is 21.2 Å². The summed E-state index contributed by atoms with van der Waals surface area (Å²) in [6, 6.07) is 0. The number of aromatic hydroxyl groups is 1. The molecule has 1 aliphatic carbocycles. The molecule has 1 aromatic rings. The lowest BCUT2D eigenvalue weighted by Crippen LogP contribution is -2.34. The average molecular weight is 292 g/mol. The lowest BCUT2D eigenvalue weighted by molar-refractivity contribution is 0.0982. The fraction of sp³-hybridized carbons (Fsp3) is 0.533. The van der Waals surface area contributed by atoms with Crippen LogP contribution in [0.2, 0.25) is 0 Å². The summed E-state index contributed by atoms with van der Waals surface area (Å²) in [6.45, 7) is 1.86. The van der Waals surface area contributed by atoms with E-state index in [1.165, 1.54) is 12.0 Å². The highest BCUT2D eigenvalue weighted by atomic mass is 16.3. The van der Waals surface area contributed by atoms with E-state index >= 15 is 0 Å². The number of allylic oxidation sites excluding steroid dienone is 2. The Kier molecular flexibility index (Phi) is 4.77. The summed E-state index contributed by atoms with van der Waals surface area (Å²) in [5.41, 5.74) is -0.573. The molecule has 114 valence electrons. The SMILES string of the molecule is CCC(=O)c1c(O)n(CCC2=CCCCC2)c(=O)[nH]c1=O. The number of rotatable bonds is 5. The topological polar surface area (TPSA) is 92.2 Å². The van der Waals surface area contributed by atoms with E-state index in [9.17, 15) is 19.5 Å². The van der Waals surface area contributed by atoms with Gasteiger partial charge in [0.1, 0.15) is 5.56 Å². The third-order valence-electron chi connectivity index (χ3n) is 3.81. The van der Waals surface area contributed by atoms with Gasteiger partial charge in [-0.25, -0.2) is 4.79 Å². The molecule has 0 saturated carbocycles. The molecule has 0 aliphatic heterocycles. The zero-order valence-corrected chi connectivity index (χ0v) is 12.1. The van der Waals surface area contributed by atoms with Crippen molar-refractivity contribution in [1.82, 2.24) is 9.55 Å². The fourth-order valence-corrected chi connectivity index (χ4v) is 2.58. The van der Waals surface area contributed by atoms with Crippen molar-refractivity contribution in [3.05, 3.63) is 38.1 Å². The largest absolute Gasteiger partial charge is 0.494 e. The molecule has 1 aliphatic rings.